The molecule has 2 heterocycles. The molecular formula is C25H21ClN2O7. The molecule has 180 valence electrons. The summed E-state index contributed by atoms with van der Waals surface area (Å²) < 4.78 is 22.2. The summed E-state index contributed by atoms with van der Waals surface area (Å²) in [6.07, 6.45) is -0.987. The van der Waals surface area contributed by atoms with Gasteiger partial charge in [0.15, 0.2) is 5.76 Å². The predicted molar refractivity (Wildman–Crippen MR) is 126 cm³/mol. The second kappa shape index (κ2) is 10.0. The maximum absolute atomic E-state index is 12.3. The van der Waals surface area contributed by atoms with Crippen LogP contribution in [0.4, 0.5) is 0 Å². The normalized spacial score (nSPS) is 14.8. The van der Waals surface area contributed by atoms with E-state index in [0.29, 0.717) is 33.2 Å². The van der Waals surface area contributed by atoms with Crippen LogP contribution in [-0.4, -0.2) is 35.4 Å². The zero-order valence-electron chi connectivity index (χ0n) is 19.1. The fourth-order valence-corrected chi connectivity index (χ4v) is 3.57. The van der Waals surface area contributed by atoms with Crippen molar-refractivity contribution in [3.8, 4) is 17.1 Å². The molecular weight excluding hydrogens is 476 g/mol. The van der Waals surface area contributed by atoms with Crippen LogP contribution >= 0.6 is 11.6 Å². The van der Waals surface area contributed by atoms with E-state index in [1.54, 1.807) is 49.4 Å². The first kappa shape index (κ1) is 24.0. The first-order chi connectivity index (χ1) is 16.8. The third-order valence-electron chi connectivity index (χ3n) is 4.94. The number of esters is 2. The van der Waals surface area contributed by atoms with E-state index in [0.717, 1.165) is 5.01 Å². The van der Waals surface area contributed by atoms with Gasteiger partial charge >= 0.3 is 11.9 Å². The Labute approximate surface area is 205 Å². The van der Waals surface area contributed by atoms with Gasteiger partial charge in [0.05, 0.1) is 17.7 Å². The number of benzene rings is 2. The minimum atomic E-state index is -0.987. The second-order valence-electron chi connectivity index (χ2n) is 7.47. The first-order valence-corrected chi connectivity index (χ1v) is 11.0. The molecule has 0 aliphatic carbocycles. The highest BCUT2D eigenvalue weighted by Gasteiger charge is 2.36. The van der Waals surface area contributed by atoms with Gasteiger partial charge < -0.3 is 18.6 Å². The van der Waals surface area contributed by atoms with Gasteiger partial charge in [-0.15, -0.1) is 5.10 Å². The van der Waals surface area contributed by atoms with Crippen LogP contribution in [0.25, 0.3) is 11.3 Å². The Morgan fingerprint density at radius 1 is 1.06 bits per heavy atom. The van der Waals surface area contributed by atoms with Crippen molar-refractivity contribution in [2.75, 3.05) is 6.61 Å². The van der Waals surface area contributed by atoms with Crippen molar-refractivity contribution in [2.24, 2.45) is 5.10 Å². The van der Waals surface area contributed by atoms with Crippen LogP contribution < -0.4 is 4.74 Å². The van der Waals surface area contributed by atoms with Gasteiger partial charge in [-0.3, -0.25) is 9.59 Å². The lowest BCUT2D eigenvalue weighted by molar-refractivity contribution is -0.136. The molecule has 0 unspecified atom stereocenters. The van der Waals surface area contributed by atoms with Gasteiger partial charge in [-0.2, -0.15) is 5.01 Å². The van der Waals surface area contributed by atoms with Gasteiger partial charge in [0.2, 0.25) is 11.8 Å². The number of furan rings is 1. The Bertz CT molecular complexity index is 1310. The third-order valence-corrected chi connectivity index (χ3v) is 5.18. The van der Waals surface area contributed by atoms with Crippen LogP contribution in [0, 0.1) is 0 Å². The summed E-state index contributed by atoms with van der Waals surface area (Å²) >= 11 is 6.12. The van der Waals surface area contributed by atoms with Crippen molar-refractivity contribution in [3.05, 3.63) is 76.5 Å². The summed E-state index contributed by atoms with van der Waals surface area (Å²) in [6, 6.07) is 14.7. The van der Waals surface area contributed by atoms with Crippen LogP contribution in [0.1, 0.15) is 48.7 Å². The number of carbonyl (C=O) groups is 3. The average Bonchev–Trinajstić information content (AvgIpc) is 3.48. The molecule has 3 aromatic rings. The highest BCUT2D eigenvalue weighted by molar-refractivity contribution is 6.31. The number of hydrogen-bond acceptors (Lipinski definition) is 8. The van der Waals surface area contributed by atoms with Gasteiger partial charge in [-0.1, -0.05) is 23.7 Å². The molecule has 1 aromatic heterocycles. The lowest BCUT2D eigenvalue weighted by Gasteiger charge is -2.16. The quantitative estimate of drug-likeness (QED) is 0.351. The Morgan fingerprint density at radius 2 is 1.80 bits per heavy atom. The van der Waals surface area contributed by atoms with Crippen molar-refractivity contribution < 1.29 is 33.0 Å². The highest BCUT2D eigenvalue weighted by Crippen LogP contribution is 2.36. The Morgan fingerprint density at radius 3 is 2.46 bits per heavy atom. The van der Waals surface area contributed by atoms with E-state index in [4.69, 9.17) is 30.2 Å². The largest absolute Gasteiger partial charge is 0.462 e. The van der Waals surface area contributed by atoms with Crippen molar-refractivity contribution >= 4 is 35.3 Å². The Hall–Kier alpha value is -4.11. The van der Waals surface area contributed by atoms with E-state index in [1.807, 2.05) is 0 Å². The average molecular weight is 497 g/mol. The molecule has 1 atom stereocenters. The Kier molecular flexibility index (Phi) is 6.88. The second-order valence-corrected chi connectivity index (χ2v) is 7.91. The van der Waals surface area contributed by atoms with Gasteiger partial charge in [0.25, 0.3) is 6.23 Å². The van der Waals surface area contributed by atoms with E-state index < -0.39 is 24.1 Å². The number of hydrogen-bond donors (Lipinski definition) is 0. The maximum atomic E-state index is 12.3. The molecule has 2 aromatic carbocycles. The summed E-state index contributed by atoms with van der Waals surface area (Å²) in [5, 5.41) is 5.76. The fraction of sp³-hybridized carbons (Fsp3) is 0.200. The molecule has 1 amide bonds. The monoisotopic (exact) mass is 496 g/mol. The summed E-state index contributed by atoms with van der Waals surface area (Å²) in [4.78, 5) is 35.7. The molecule has 0 fully saturated rings. The lowest BCUT2D eigenvalue weighted by atomic mass is 10.1. The standard InChI is InChI=1S/C25H21ClN2O7/c1-4-32-25(31)17-7-5-16(6-8-17)20-11-12-22(34-20)24-28(14(2)29)27-23(35-24)19-13-18(26)9-10-21(19)33-15(3)30/h5-13,24H,4H2,1-3H3/t24-/m0/s1. The van der Waals surface area contributed by atoms with E-state index >= 15 is 0 Å². The molecule has 0 bridgehead atoms. The van der Waals surface area contributed by atoms with Gasteiger partial charge in [-0.25, -0.2) is 4.79 Å². The minimum absolute atomic E-state index is 0.0423. The number of hydrazone groups is 1. The number of rotatable bonds is 6. The lowest BCUT2D eigenvalue weighted by Crippen LogP contribution is -2.24. The van der Waals surface area contributed by atoms with Crippen LogP contribution in [0.5, 0.6) is 5.75 Å². The van der Waals surface area contributed by atoms with Crippen LogP contribution in [0.3, 0.4) is 0 Å². The van der Waals surface area contributed by atoms with E-state index in [1.165, 1.54) is 26.0 Å². The molecule has 0 N–H and O–H groups in total. The summed E-state index contributed by atoms with van der Waals surface area (Å²) in [7, 11) is 0. The van der Waals surface area contributed by atoms with E-state index in [2.05, 4.69) is 5.10 Å². The smallest absolute Gasteiger partial charge is 0.338 e. The number of halogens is 1. The number of carbonyl (C=O) groups excluding carboxylic acids is 3. The molecule has 10 heteroatoms. The van der Waals surface area contributed by atoms with E-state index in [-0.39, 0.29) is 18.3 Å². The van der Waals surface area contributed by atoms with Crippen LogP contribution in [-0.2, 0) is 19.1 Å². The fourth-order valence-electron chi connectivity index (χ4n) is 3.40. The summed E-state index contributed by atoms with van der Waals surface area (Å²) in [5.41, 5.74) is 1.44. The van der Waals surface area contributed by atoms with E-state index in [9.17, 15) is 14.4 Å². The Balaban J connectivity index is 1.61. The number of nitrogens with zero attached hydrogens (tertiary/aromatic N) is 2. The molecule has 0 saturated heterocycles. The third kappa shape index (κ3) is 5.20. The van der Waals surface area contributed by atoms with Crippen molar-refractivity contribution in [2.45, 2.75) is 27.0 Å². The van der Waals surface area contributed by atoms with Gasteiger partial charge in [0.1, 0.15) is 11.5 Å². The van der Waals surface area contributed by atoms with Crippen LogP contribution in [0.15, 0.2) is 64.1 Å². The SMILES string of the molecule is CCOC(=O)c1ccc(-c2ccc([C@@H]3OC(c4cc(Cl)ccc4OC(C)=O)=NN3C(C)=O)o2)cc1. The van der Waals surface area contributed by atoms with Crippen molar-refractivity contribution in [1.82, 2.24) is 5.01 Å². The molecule has 35 heavy (non-hydrogen) atoms. The first-order valence-electron chi connectivity index (χ1n) is 10.7. The molecule has 0 radical (unpaired) electrons. The molecule has 1 aliphatic heterocycles. The zero-order valence-corrected chi connectivity index (χ0v) is 19.9. The maximum Gasteiger partial charge on any atom is 0.338 e. The molecule has 1 aliphatic rings. The van der Waals surface area contributed by atoms with Crippen LogP contribution in [0.2, 0.25) is 5.02 Å². The highest BCUT2D eigenvalue weighted by atomic mass is 35.5. The van der Waals surface area contributed by atoms with Crippen molar-refractivity contribution in [3.63, 3.8) is 0 Å². The summed E-state index contributed by atoms with van der Waals surface area (Å²) in [6.45, 7) is 4.64. The topological polar surface area (TPSA) is 108 Å². The number of ether oxygens (including phenoxy) is 3. The number of amides is 1. The molecule has 4 rings (SSSR count). The van der Waals surface area contributed by atoms with Gasteiger partial charge in [-0.05, 0) is 49.4 Å². The summed E-state index contributed by atoms with van der Waals surface area (Å²) in [5.74, 6) is -0.282. The molecule has 0 spiro atoms. The molecule has 0 saturated carbocycles. The zero-order chi connectivity index (χ0) is 25.1. The minimum Gasteiger partial charge on any atom is -0.462 e. The van der Waals surface area contributed by atoms with Crippen molar-refractivity contribution in [1.29, 1.82) is 0 Å². The van der Waals surface area contributed by atoms with Gasteiger partial charge in [0, 0.05) is 24.4 Å². The molecule has 9 nitrogen and oxygen atoms in total. The predicted octanol–water partition coefficient (Wildman–Crippen LogP) is 4.94.